The lowest BCUT2D eigenvalue weighted by Crippen LogP contribution is -2.39. The summed E-state index contributed by atoms with van der Waals surface area (Å²) in [4.78, 5) is 28.4. The van der Waals surface area contributed by atoms with Crippen molar-refractivity contribution in [1.82, 2.24) is 4.90 Å². The molecular formula is C15H14N2O3S. The van der Waals surface area contributed by atoms with Crippen LogP contribution in [0, 0.1) is 0 Å². The fraction of sp³-hybridized carbons (Fsp3) is 0.333. The Balaban J connectivity index is 1.61. The average Bonchev–Trinajstić information content (AvgIpc) is 3.23. The fourth-order valence-corrected chi connectivity index (χ4v) is 4.00. The monoisotopic (exact) mass is 302 g/mol. The van der Waals surface area contributed by atoms with Gasteiger partial charge in [-0.3, -0.25) is 9.59 Å². The second kappa shape index (κ2) is 4.73. The quantitative estimate of drug-likeness (QED) is 0.855. The minimum atomic E-state index is -0.118. The zero-order valence-corrected chi connectivity index (χ0v) is 12.1. The summed E-state index contributed by atoms with van der Waals surface area (Å²) in [6, 6.07) is 5.38. The number of carbonyl (C=O) groups is 2. The largest absolute Gasteiger partial charge is 0.459 e. The highest BCUT2D eigenvalue weighted by Gasteiger charge is 2.49. The van der Waals surface area contributed by atoms with Gasteiger partial charge < -0.3 is 14.2 Å². The molecule has 0 bridgehead atoms. The van der Waals surface area contributed by atoms with Crippen molar-refractivity contribution in [2.75, 3.05) is 11.4 Å². The van der Waals surface area contributed by atoms with Crippen LogP contribution in [0.25, 0.3) is 0 Å². The smallest absolute Gasteiger partial charge is 0.289 e. The van der Waals surface area contributed by atoms with Gasteiger partial charge in [-0.1, -0.05) is 0 Å². The normalized spacial score (nSPS) is 24.7. The molecule has 2 saturated heterocycles. The zero-order chi connectivity index (χ0) is 14.4. The third-order valence-corrected chi connectivity index (χ3v) is 4.94. The van der Waals surface area contributed by atoms with Gasteiger partial charge in [0, 0.05) is 18.3 Å². The van der Waals surface area contributed by atoms with E-state index in [0.29, 0.717) is 18.7 Å². The van der Waals surface area contributed by atoms with Crippen LogP contribution in [0.2, 0.25) is 0 Å². The summed E-state index contributed by atoms with van der Waals surface area (Å²) in [7, 11) is 0. The van der Waals surface area contributed by atoms with Crippen molar-refractivity contribution in [3.63, 3.8) is 0 Å². The first kappa shape index (κ1) is 12.6. The van der Waals surface area contributed by atoms with Gasteiger partial charge in [0.2, 0.25) is 5.91 Å². The predicted molar refractivity (Wildman–Crippen MR) is 78.4 cm³/mol. The Morgan fingerprint density at radius 3 is 2.95 bits per heavy atom. The number of amides is 2. The van der Waals surface area contributed by atoms with Crippen LogP contribution in [-0.2, 0) is 4.79 Å². The van der Waals surface area contributed by atoms with Crippen LogP contribution >= 0.6 is 11.3 Å². The second-order valence-electron chi connectivity index (χ2n) is 5.35. The standard InChI is InChI=1S/C15H14N2O3S/c18-14-8-12-11(17(14)10-4-7-21-9-10)3-5-16(12)15(19)13-2-1-6-20-13/h1-2,4,6-7,9,11-12H,3,5,8H2/t11-,12+/m0/s1. The number of fused-ring (bicyclic) bond motifs is 1. The molecule has 4 rings (SSSR count). The molecule has 0 unspecified atom stereocenters. The maximum absolute atomic E-state index is 12.5. The third kappa shape index (κ3) is 1.90. The Kier molecular flexibility index (Phi) is 2.85. The Bertz CT molecular complexity index is 665. The highest BCUT2D eigenvalue weighted by atomic mass is 32.1. The molecule has 5 nitrogen and oxygen atoms in total. The minimum absolute atomic E-state index is 0.0463. The van der Waals surface area contributed by atoms with E-state index < -0.39 is 0 Å². The molecule has 0 saturated carbocycles. The number of carbonyl (C=O) groups excluding carboxylic acids is 2. The Morgan fingerprint density at radius 1 is 1.33 bits per heavy atom. The van der Waals surface area contributed by atoms with E-state index in [0.717, 1.165) is 12.1 Å². The SMILES string of the molecule is O=C(c1ccco1)N1CC[C@H]2[C@H]1CC(=O)N2c1ccsc1. The Labute approximate surface area is 125 Å². The number of nitrogens with zero attached hydrogens (tertiary/aromatic N) is 2. The van der Waals surface area contributed by atoms with Crippen LogP contribution in [0.5, 0.6) is 0 Å². The van der Waals surface area contributed by atoms with Crippen LogP contribution < -0.4 is 4.90 Å². The van der Waals surface area contributed by atoms with Crippen LogP contribution in [0.4, 0.5) is 5.69 Å². The van der Waals surface area contributed by atoms with E-state index in [1.807, 2.05) is 21.7 Å². The van der Waals surface area contributed by atoms with Gasteiger partial charge in [-0.15, -0.1) is 0 Å². The van der Waals surface area contributed by atoms with Gasteiger partial charge in [0.15, 0.2) is 5.76 Å². The van der Waals surface area contributed by atoms with Gasteiger partial charge in [0.05, 0.1) is 24.0 Å². The lowest BCUT2D eigenvalue weighted by Gasteiger charge is -2.24. The maximum atomic E-state index is 12.5. The molecule has 108 valence electrons. The van der Waals surface area contributed by atoms with Crippen molar-refractivity contribution in [2.24, 2.45) is 0 Å². The van der Waals surface area contributed by atoms with Crippen LogP contribution in [-0.4, -0.2) is 35.3 Å². The molecule has 6 heteroatoms. The van der Waals surface area contributed by atoms with E-state index in [-0.39, 0.29) is 23.9 Å². The van der Waals surface area contributed by atoms with E-state index in [4.69, 9.17) is 4.42 Å². The molecule has 2 aromatic heterocycles. The molecule has 21 heavy (non-hydrogen) atoms. The highest BCUT2D eigenvalue weighted by Crippen LogP contribution is 2.37. The number of thiophene rings is 1. The van der Waals surface area contributed by atoms with Gasteiger partial charge in [0.25, 0.3) is 5.91 Å². The molecule has 0 radical (unpaired) electrons. The molecule has 2 aliphatic rings. The van der Waals surface area contributed by atoms with Gasteiger partial charge >= 0.3 is 0 Å². The van der Waals surface area contributed by atoms with E-state index in [1.54, 1.807) is 28.4 Å². The van der Waals surface area contributed by atoms with Gasteiger partial charge in [-0.2, -0.15) is 11.3 Å². The third-order valence-electron chi connectivity index (χ3n) is 4.27. The molecule has 0 aromatic carbocycles. The molecule has 2 aliphatic heterocycles. The molecule has 2 atom stereocenters. The first-order valence-electron chi connectivity index (χ1n) is 6.94. The van der Waals surface area contributed by atoms with Gasteiger partial charge in [0.1, 0.15) is 0 Å². The maximum Gasteiger partial charge on any atom is 0.289 e. The number of likely N-dealkylation sites (tertiary alicyclic amines) is 1. The minimum Gasteiger partial charge on any atom is -0.459 e. The van der Waals surface area contributed by atoms with Crippen molar-refractivity contribution in [3.05, 3.63) is 41.0 Å². The van der Waals surface area contributed by atoms with Crippen molar-refractivity contribution in [2.45, 2.75) is 24.9 Å². The van der Waals surface area contributed by atoms with E-state index in [1.165, 1.54) is 6.26 Å². The number of rotatable bonds is 2. The number of hydrogen-bond acceptors (Lipinski definition) is 4. The number of furan rings is 1. The summed E-state index contributed by atoms with van der Waals surface area (Å²) in [5, 5.41) is 3.95. The number of anilines is 1. The summed E-state index contributed by atoms with van der Waals surface area (Å²) in [6.45, 7) is 0.669. The highest BCUT2D eigenvalue weighted by molar-refractivity contribution is 7.08. The first-order chi connectivity index (χ1) is 10.3. The molecule has 2 fully saturated rings. The summed E-state index contributed by atoms with van der Waals surface area (Å²) in [5.74, 6) is 0.324. The lowest BCUT2D eigenvalue weighted by molar-refractivity contribution is -0.117. The van der Waals surface area contributed by atoms with Crippen LogP contribution in [0.3, 0.4) is 0 Å². The van der Waals surface area contributed by atoms with Crippen molar-refractivity contribution in [3.8, 4) is 0 Å². The van der Waals surface area contributed by atoms with E-state index >= 15 is 0 Å². The molecule has 0 spiro atoms. The van der Waals surface area contributed by atoms with Crippen LogP contribution in [0.1, 0.15) is 23.4 Å². The van der Waals surface area contributed by atoms with Crippen molar-refractivity contribution in [1.29, 1.82) is 0 Å². The Morgan fingerprint density at radius 2 is 2.24 bits per heavy atom. The summed E-state index contributed by atoms with van der Waals surface area (Å²) in [5.41, 5.74) is 0.949. The van der Waals surface area contributed by atoms with Crippen molar-refractivity contribution < 1.29 is 14.0 Å². The number of hydrogen-bond donors (Lipinski definition) is 0. The van der Waals surface area contributed by atoms with Crippen molar-refractivity contribution >= 4 is 28.8 Å². The fourth-order valence-electron chi connectivity index (χ4n) is 3.37. The Hall–Kier alpha value is -2.08. The topological polar surface area (TPSA) is 53.8 Å². The lowest BCUT2D eigenvalue weighted by atomic mass is 10.1. The molecule has 2 aromatic rings. The van der Waals surface area contributed by atoms with Gasteiger partial charge in [-0.05, 0) is 30.0 Å². The van der Waals surface area contributed by atoms with E-state index in [2.05, 4.69) is 0 Å². The average molecular weight is 302 g/mol. The second-order valence-corrected chi connectivity index (χ2v) is 6.13. The van der Waals surface area contributed by atoms with Gasteiger partial charge in [-0.25, -0.2) is 0 Å². The summed E-state index contributed by atoms with van der Waals surface area (Å²) in [6.07, 6.45) is 2.71. The predicted octanol–water partition coefficient (Wildman–Crippen LogP) is 2.36. The molecule has 0 aliphatic carbocycles. The summed E-state index contributed by atoms with van der Waals surface area (Å²) >= 11 is 1.58. The first-order valence-corrected chi connectivity index (χ1v) is 7.89. The molecular weight excluding hydrogens is 288 g/mol. The molecule has 2 amide bonds. The zero-order valence-electron chi connectivity index (χ0n) is 11.3. The van der Waals surface area contributed by atoms with E-state index in [9.17, 15) is 9.59 Å². The molecule has 0 N–H and O–H groups in total. The van der Waals surface area contributed by atoms with Crippen LogP contribution in [0.15, 0.2) is 39.6 Å². The molecule has 4 heterocycles. The summed E-state index contributed by atoms with van der Waals surface area (Å²) < 4.78 is 5.19.